The molecule has 1 heterocycles. The number of amides is 1. The predicted molar refractivity (Wildman–Crippen MR) is 109 cm³/mol. The predicted octanol–water partition coefficient (Wildman–Crippen LogP) is 4.76. The Hall–Kier alpha value is -2.29. The molecule has 1 aromatic rings. The minimum absolute atomic E-state index is 0.0101. The van der Waals surface area contributed by atoms with Crippen LogP contribution in [0.3, 0.4) is 0 Å². The van der Waals surface area contributed by atoms with E-state index in [0.717, 1.165) is 18.6 Å². The van der Waals surface area contributed by atoms with Crippen LogP contribution in [-0.2, 0) is 20.4 Å². The van der Waals surface area contributed by atoms with E-state index >= 15 is 0 Å². The molecule has 4 rings (SSSR count). The van der Waals surface area contributed by atoms with Crippen molar-refractivity contribution >= 4 is 17.7 Å². The van der Waals surface area contributed by atoms with Crippen molar-refractivity contribution in [3.8, 4) is 0 Å². The van der Waals surface area contributed by atoms with Gasteiger partial charge in [-0.3, -0.25) is 10.1 Å². The number of carbonyl (C=O) groups excluding carboxylic acids is 2. The minimum Gasteiger partial charge on any atom is -0.462 e. The highest BCUT2D eigenvalue weighted by atomic mass is 19.4. The van der Waals surface area contributed by atoms with Crippen molar-refractivity contribution in [1.29, 1.82) is 0 Å². The molecular formula is C23H28F3NO5. The van der Waals surface area contributed by atoms with Crippen molar-refractivity contribution in [2.24, 2.45) is 22.7 Å². The Morgan fingerprint density at radius 3 is 2.72 bits per heavy atom. The summed E-state index contributed by atoms with van der Waals surface area (Å²) in [6.45, 7) is 3.81. The number of alkyl halides is 3. The number of benzene rings is 1. The number of hydrogen-bond acceptors (Lipinski definition) is 5. The lowest BCUT2D eigenvalue weighted by atomic mass is 9.46. The highest BCUT2D eigenvalue weighted by Gasteiger charge is 2.62. The third-order valence-electron chi connectivity index (χ3n) is 8.00. The van der Waals surface area contributed by atoms with Gasteiger partial charge in [-0.2, -0.15) is 13.2 Å². The molecule has 0 bridgehead atoms. The summed E-state index contributed by atoms with van der Waals surface area (Å²) in [6, 6.07) is 4.35. The van der Waals surface area contributed by atoms with Gasteiger partial charge in [0.1, 0.15) is 12.2 Å². The molecule has 6 atom stereocenters. The highest BCUT2D eigenvalue weighted by Crippen LogP contribution is 2.62. The quantitative estimate of drug-likeness (QED) is 0.642. The normalized spacial score (nSPS) is 36.6. The van der Waals surface area contributed by atoms with E-state index in [2.05, 4.69) is 12.2 Å². The molecule has 1 aromatic carbocycles. The molecule has 0 radical (unpaired) electrons. The average Bonchev–Trinajstić information content (AvgIpc) is 3.11. The van der Waals surface area contributed by atoms with Gasteiger partial charge in [-0.25, -0.2) is 4.79 Å². The summed E-state index contributed by atoms with van der Waals surface area (Å²) in [5.74, 6) is -0.109. The molecular weight excluding hydrogens is 427 g/mol. The summed E-state index contributed by atoms with van der Waals surface area (Å²) in [5, 5.41) is 12.7. The molecule has 1 aliphatic heterocycles. The SMILES string of the molecule is CC1(CO)C(OC(=O)Nc2cccc(C(F)(F)F)c2)CCC2(C)C3CC(=O)OC3CCC12. The molecule has 1 amide bonds. The second-order valence-electron chi connectivity index (χ2n) is 9.77. The first-order chi connectivity index (χ1) is 15.0. The maximum atomic E-state index is 12.9. The standard InChI is InChI=1S/C23H28F3NO5/c1-21-9-8-18(32-20(30)27-14-5-3-4-13(10-14)23(24,25)26)22(2,12-28)17(21)7-6-16-15(21)11-19(29)31-16/h3-5,10,15-18,28H,6-9,11-12H2,1-2H3,(H,27,30). The Labute approximate surface area is 184 Å². The zero-order chi connectivity index (χ0) is 23.3. The first kappa shape index (κ1) is 22.9. The molecule has 32 heavy (non-hydrogen) atoms. The van der Waals surface area contributed by atoms with Crippen LogP contribution in [0.4, 0.5) is 23.7 Å². The van der Waals surface area contributed by atoms with Crippen molar-refractivity contribution in [1.82, 2.24) is 0 Å². The Kier molecular flexibility index (Phi) is 5.68. The summed E-state index contributed by atoms with van der Waals surface area (Å²) >= 11 is 0. The highest BCUT2D eigenvalue weighted by molar-refractivity contribution is 5.84. The van der Waals surface area contributed by atoms with Crippen LogP contribution in [0.15, 0.2) is 24.3 Å². The fraction of sp³-hybridized carbons (Fsp3) is 0.652. The maximum Gasteiger partial charge on any atom is 0.416 e. The number of esters is 1. The molecule has 0 aromatic heterocycles. The van der Waals surface area contributed by atoms with Crippen LogP contribution in [0.5, 0.6) is 0 Å². The largest absolute Gasteiger partial charge is 0.462 e. The molecule has 176 valence electrons. The van der Waals surface area contributed by atoms with Gasteiger partial charge in [0.05, 0.1) is 18.6 Å². The van der Waals surface area contributed by atoms with Gasteiger partial charge in [0.15, 0.2) is 0 Å². The summed E-state index contributed by atoms with van der Waals surface area (Å²) < 4.78 is 50.0. The van der Waals surface area contributed by atoms with E-state index < -0.39 is 29.4 Å². The number of anilines is 1. The first-order valence-electron chi connectivity index (χ1n) is 10.9. The molecule has 0 spiro atoms. The van der Waals surface area contributed by atoms with Gasteiger partial charge in [0.2, 0.25) is 0 Å². The van der Waals surface area contributed by atoms with Gasteiger partial charge in [0.25, 0.3) is 0 Å². The van der Waals surface area contributed by atoms with Crippen LogP contribution in [0.25, 0.3) is 0 Å². The Morgan fingerprint density at radius 1 is 1.28 bits per heavy atom. The number of ether oxygens (including phenoxy) is 2. The lowest BCUT2D eigenvalue weighted by molar-refractivity contribution is -0.174. The topological polar surface area (TPSA) is 84.9 Å². The van der Waals surface area contributed by atoms with E-state index in [1.54, 1.807) is 0 Å². The van der Waals surface area contributed by atoms with Gasteiger partial charge < -0.3 is 14.6 Å². The smallest absolute Gasteiger partial charge is 0.416 e. The summed E-state index contributed by atoms with van der Waals surface area (Å²) in [4.78, 5) is 24.5. The molecule has 2 saturated carbocycles. The number of rotatable bonds is 3. The van der Waals surface area contributed by atoms with Crippen LogP contribution in [0.2, 0.25) is 0 Å². The monoisotopic (exact) mass is 455 g/mol. The summed E-state index contributed by atoms with van der Waals surface area (Å²) in [6.07, 6.45) is -3.10. The van der Waals surface area contributed by atoms with Crippen molar-refractivity contribution in [3.63, 3.8) is 0 Å². The number of aliphatic hydroxyl groups is 1. The van der Waals surface area contributed by atoms with E-state index in [4.69, 9.17) is 9.47 Å². The first-order valence-corrected chi connectivity index (χ1v) is 10.9. The van der Waals surface area contributed by atoms with Crippen LogP contribution < -0.4 is 5.32 Å². The number of carbonyl (C=O) groups is 2. The van der Waals surface area contributed by atoms with Crippen molar-refractivity contribution < 1.29 is 37.3 Å². The van der Waals surface area contributed by atoms with Gasteiger partial charge in [0, 0.05) is 17.0 Å². The van der Waals surface area contributed by atoms with Crippen molar-refractivity contribution in [3.05, 3.63) is 29.8 Å². The fourth-order valence-electron chi connectivity index (χ4n) is 6.34. The van der Waals surface area contributed by atoms with Crippen molar-refractivity contribution in [2.45, 2.75) is 64.3 Å². The van der Waals surface area contributed by atoms with E-state index in [0.29, 0.717) is 25.7 Å². The van der Waals surface area contributed by atoms with Gasteiger partial charge in [-0.05, 0) is 55.2 Å². The van der Waals surface area contributed by atoms with Crippen molar-refractivity contribution in [2.75, 3.05) is 11.9 Å². The van der Waals surface area contributed by atoms with Gasteiger partial charge >= 0.3 is 18.2 Å². The van der Waals surface area contributed by atoms with E-state index in [1.807, 2.05) is 6.92 Å². The molecule has 3 aliphatic rings. The average molecular weight is 455 g/mol. The lowest BCUT2D eigenvalue weighted by Gasteiger charge is -2.59. The van der Waals surface area contributed by atoms with Crippen LogP contribution in [-0.4, -0.2) is 36.0 Å². The summed E-state index contributed by atoms with van der Waals surface area (Å²) in [7, 11) is 0. The van der Waals surface area contributed by atoms with Gasteiger partial charge in [-0.1, -0.05) is 19.9 Å². The number of fused-ring (bicyclic) bond motifs is 3. The maximum absolute atomic E-state index is 12.9. The Balaban J connectivity index is 1.49. The van der Waals surface area contributed by atoms with E-state index in [1.165, 1.54) is 12.1 Å². The molecule has 6 nitrogen and oxygen atoms in total. The van der Waals surface area contributed by atoms with Crippen LogP contribution in [0, 0.1) is 22.7 Å². The van der Waals surface area contributed by atoms with Gasteiger partial charge in [-0.15, -0.1) is 0 Å². The number of halogens is 3. The van der Waals surface area contributed by atoms with Crippen LogP contribution in [0.1, 0.15) is 51.5 Å². The Morgan fingerprint density at radius 2 is 2.03 bits per heavy atom. The molecule has 3 fully saturated rings. The molecule has 2 N–H and O–H groups in total. The van der Waals surface area contributed by atoms with E-state index in [-0.39, 0.29) is 41.6 Å². The zero-order valence-corrected chi connectivity index (χ0v) is 18.1. The van der Waals surface area contributed by atoms with E-state index in [9.17, 15) is 27.9 Å². The Bertz CT molecular complexity index is 906. The molecule has 2 aliphatic carbocycles. The molecule has 6 unspecified atom stereocenters. The third kappa shape index (κ3) is 3.84. The number of aliphatic hydroxyl groups excluding tert-OH is 1. The second kappa shape index (κ2) is 7.93. The minimum atomic E-state index is -4.52. The number of nitrogens with one attached hydrogen (secondary N) is 1. The molecule has 1 saturated heterocycles. The number of hydrogen-bond donors (Lipinski definition) is 2. The second-order valence-corrected chi connectivity index (χ2v) is 9.77. The summed E-state index contributed by atoms with van der Waals surface area (Å²) in [5.41, 5.74) is -1.86. The third-order valence-corrected chi connectivity index (χ3v) is 8.00. The molecule has 9 heteroatoms. The lowest BCUT2D eigenvalue weighted by Crippen LogP contribution is -2.59. The van der Waals surface area contributed by atoms with Crippen LogP contribution >= 0.6 is 0 Å². The zero-order valence-electron chi connectivity index (χ0n) is 18.1. The fourth-order valence-corrected chi connectivity index (χ4v) is 6.34.